The van der Waals surface area contributed by atoms with Crippen LogP contribution >= 0.6 is 33.8 Å². The molecule has 1 aromatic heterocycles. The Morgan fingerprint density at radius 1 is 1.44 bits per heavy atom. The summed E-state index contributed by atoms with van der Waals surface area (Å²) in [5.74, 6) is 2.18. The number of rotatable bonds is 2. The van der Waals surface area contributed by atoms with E-state index in [1.54, 1.807) is 0 Å². The van der Waals surface area contributed by atoms with Crippen LogP contribution in [0.5, 0.6) is 0 Å². The highest BCUT2D eigenvalue weighted by atomic mass is 35.5. The lowest BCUT2D eigenvalue weighted by molar-refractivity contribution is 1.05. The number of nitrogens with zero attached hydrogens (tertiary/aromatic N) is 1. The number of hydrogen-bond acceptors (Lipinski definition) is 3. The van der Waals surface area contributed by atoms with Gasteiger partial charge < -0.3 is 4.72 Å². The molecule has 5 heteroatoms. The number of nitrogens with one attached hydrogen (secondary N) is 1. The largest absolute Gasteiger partial charge is 0.319 e. The molecule has 1 aliphatic heterocycles. The molecule has 2 nitrogen and oxygen atoms in total. The molecule has 0 saturated heterocycles. The van der Waals surface area contributed by atoms with E-state index in [-0.39, 0.29) is 10.7 Å². The zero-order valence-corrected chi connectivity index (χ0v) is 11.0. The zero-order chi connectivity index (χ0) is 11.0. The van der Waals surface area contributed by atoms with Crippen LogP contribution in [-0.2, 0) is 0 Å². The number of aromatic nitrogens is 1. The van der Waals surface area contributed by atoms with Gasteiger partial charge in [-0.1, -0.05) is 28.3 Å². The summed E-state index contributed by atoms with van der Waals surface area (Å²) in [6.45, 7) is 0. The van der Waals surface area contributed by atoms with Gasteiger partial charge in [0.25, 0.3) is 0 Å². The fourth-order valence-corrected chi connectivity index (χ4v) is 4.60. The fourth-order valence-electron chi connectivity index (χ4n) is 1.78. The lowest BCUT2D eigenvalue weighted by atomic mass is 10.3. The number of fused-ring (bicyclic) bond motifs is 1. The SMILES string of the molecule is Clc1cccc2snc(NS3=CCCC3)c12. The molecule has 16 heavy (non-hydrogen) atoms. The summed E-state index contributed by atoms with van der Waals surface area (Å²) in [6, 6.07) is 5.95. The van der Waals surface area contributed by atoms with Gasteiger partial charge in [-0.15, -0.1) is 0 Å². The molecule has 1 atom stereocenters. The second-order valence-electron chi connectivity index (χ2n) is 3.69. The van der Waals surface area contributed by atoms with Crippen molar-refractivity contribution in [2.24, 2.45) is 0 Å². The lowest BCUT2D eigenvalue weighted by Gasteiger charge is -2.05. The van der Waals surface area contributed by atoms with Crippen LogP contribution in [0.2, 0.25) is 5.02 Å². The summed E-state index contributed by atoms with van der Waals surface area (Å²) in [5.41, 5.74) is 0. The quantitative estimate of drug-likeness (QED) is 0.830. The van der Waals surface area contributed by atoms with E-state index in [0.29, 0.717) is 0 Å². The second-order valence-corrected chi connectivity index (χ2v) is 6.70. The first-order valence-electron chi connectivity index (χ1n) is 5.18. The maximum Gasteiger partial charge on any atom is 0.158 e. The molecule has 1 aromatic carbocycles. The maximum absolute atomic E-state index is 6.21. The third kappa shape index (κ3) is 1.85. The Kier molecular flexibility index (Phi) is 2.88. The standard InChI is InChI=1S/C11H11ClN2S2/c12-8-4-3-5-9-10(8)11(13-15-9)14-16-6-1-2-7-16/h3-6H,1-2,7H2,(H,13,14). The number of halogens is 1. The third-order valence-electron chi connectivity index (χ3n) is 2.56. The van der Waals surface area contributed by atoms with Crippen molar-refractivity contribution in [2.75, 3.05) is 10.5 Å². The smallest absolute Gasteiger partial charge is 0.158 e. The lowest BCUT2D eigenvalue weighted by Crippen LogP contribution is -1.91. The average molecular weight is 271 g/mol. The van der Waals surface area contributed by atoms with Crippen molar-refractivity contribution >= 4 is 55.1 Å². The second kappa shape index (κ2) is 4.35. The summed E-state index contributed by atoms with van der Waals surface area (Å²) >= 11 is 7.71. The fraction of sp³-hybridized carbons (Fsp3) is 0.273. The molecule has 0 spiro atoms. The molecule has 84 valence electrons. The van der Waals surface area contributed by atoms with Gasteiger partial charge in [0, 0.05) is 5.75 Å². The van der Waals surface area contributed by atoms with Crippen LogP contribution < -0.4 is 4.72 Å². The Balaban J connectivity index is 2.03. The Morgan fingerprint density at radius 2 is 2.38 bits per heavy atom. The molecule has 3 rings (SSSR count). The van der Waals surface area contributed by atoms with Crippen molar-refractivity contribution in [3.05, 3.63) is 23.2 Å². The first-order chi connectivity index (χ1) is 7.84. The normalized spacial score (nSPS) is 19.9. The van der Waals surface area contributed by atoms with Crippen molar-refractivity contribution < 1.29 is 0 Å². The molecule has 1 N–H and O–H groups in total. The molecule has 1 unspecified atom stereocenters. The van der Waals surface area contributed by atoms with Gasteiger partial charge >= 0.3 is 0 Å². The van der Waals surface area contributed by atoms with Crippen LogP contribution in [-0.4, -0.2) is 15.5 Å². The summed E-state index contributed by atoms with van der Waals surface area (Å²) < 4.78 is 9.10. The summed E-state index contributed by atoms with van der Waals surface area (Å²) in [5, 5.41) is 4.21. The minimum absolute atomic E-state index is 0.190. The van der Waals surface area contributed by atoms with Crippen LogP contribution in [0, 0.1) is 0 Å². The van der Waals surface area contributed by atoms with Crippen molar-refractivity contribution in [3.8, 4) is 0 Å². The molecular weight excluding hydrogens is 260 g/mol. The molecule has 0 radical (unpaired) electrons. The van der Waals surface area contributed by atoms with Crippen LogP contribution in [0.3, 0.4) is 0 Å². The van der Waals surface area contributed by atoms with Crippen molar-refractivity contribution in [2.45, 2.75) is 12.8 Å². The zero-order valence-electron chi connectivity index (χ0n) is 8.57. The molecule has 0 bridgehead atoms. The Labute approximate surface area is 106 Å². The van der Waals surface area contributed by atoms with E-state index < -0.39 is 0 Å². The van der Waals surface area contributed by atoms with Crippen molar-refractivity contribution in [1.29, 1.82) is 0 Å². The van der Waals surface area contributed by atoms with Gasteiger partial charge in [0.15, 0.2) is 5.82 Å². The third-order valence-corrected chi connectivity index (χ3v) is 5.51. The van der Waals surface area contributed by atoms with E-state index in [9.17, 15) is 0 Å². The topological polar surface area (TPSA) is 24.9 Å². The van der Waals surface area contributed by atoms with Gasteiger partial charge in [0.1, 0.15) is 0 Å². The van der Waals surface area contributed by atoms with Gasteiger partial charge in [-0.25, -0.2) is 0 Å². The van der Waals surface area contributed by atoms with Crippen LogP contribution in [0.25, 0.3) is 10.1 Å². The number of benzene rings is 1. The van der Waals surface area contributed by atoms with Crippen LogP contribution in [0.1, 0.15) is 12.8 Å². The summed E-state index contributed by atoms with van der Waals surface area (Å²) in [7, 11) is 0.190. The van der Waals surface area contributed by atoms with E-state index in [4.69, 9.17) is 11.6 Å². The number of anilines is 1. The molecule has 1 aliphatic rings. The molecule has 0 amide bonds. The molecule has 2 aromatic rings. The van der Waals surface area contributed by atoms with Gasteiger partial charge in [0.05, 0.1) is 15.1 Å². The highest BCUT2D eigenvalue weighted by Gasteiger charge is 2.11. The van der Waals surface area contributed by atoms with Crippen molar-refractivity contribution in [3.63, 3.8) is 0 Å². The predicted molar refractivity (Wildman–Crippen MR) is 76.0 cm³/mol. The van der Waals surface area contributed by atoms with Crippen LogP contribution in [0.4, 0.5) is 5.82 Å². The Bertz CT molecular complexity index is 562. The first kappa shape index (κ1) is 10.6. The maximum atomic E-state index is 6.21. The van der Waals surface area contributed by atoms with Gasteiger partial charge in [-0.2, -0.15) is 4.37 Å². The van der Waals surface area contributed by atoms with Gasteiger partial charge in [-0.05, 0) is 41.9 Å². The van der Waals surface area contributed by atoms with Crippen molar-refractivity contribution in [1.82, 2.24) is 4.37 Å². The highest BCUT2D eigenvalue weighted by Crippen LogP contribution is 2.35. The predicted octanol–water partition coefficient (Wildman–Crippen LogP) is 4.14. The molecule has 0 saturated carbocycles. The van der Waals surface area contributed by atoms with E-state index in [0.717, 1.165) is 20.9 Å². The van der Waals surface area contributed by atoms with E-state index >= 15 is 0 Å². The Hall–Kier alpha value is -0.580. The Morgan fingerprint density at radius 3 is 3.19 bits per heavy atom. The molecule has 2 heterocycles. The first-order valence-corrected chi connectivity index (χ1v) is 7.79. The summed E-state index contributed by atoms with van der Waals surface area (Å²) in [4.78, 5) is 0. The minimum atomic E-state index is 0.190. The van der Waals surface area contributed by atoms with E-state index in [2.05, 4.69) is 20.5 Å². The molecule has 0 fully saturated rings. The minimum Gasteiger partial charge on any atom is -0.319 e. The molecule has 0 aliphatic carbocycles. The van der Waals surface area contributed by atoms with E-state index in [1.807, 2.05) is 12.1 Å². The molecular formula is C11H11ClN2S2. The monoisotopic (exact) mass is 270 g/mol. The van der Waals surface area contributed by atoms with Gasteiger partial charge in [0.2, 0.25) is 0 Å². The highest BCUT2D eigenvalue weighted by molar-refractivity contribution is 8.16. The summed E-state index contributed by atoms with van der Waals surface area (Å²) in [6.07, 6.45) is 2.50. The van der Waals surface area contributed by atoms with Crippen LogP contribution in [0.15, 0.2) is 18.2 Å². The number of hydrogen-bond donors (Lipinski definition) is 1. The average Bonchev–Trinajstić information content (AvgIpc) is 2.90. The van der Waals surface area contributed by atoms with Gasteiger partial charge in [-0.3, -0.25) is 0 Å². The van der Waals surface area contributed by atoms with E-state index in [1.165, 1.54) is 30.1 Å².